The molecule has 1 aliphatic rings. The molecule has 0 radical (unpaired) electrons. The second kappa shape index (κ2) is 5.01. The minimum Gasteiger partial charge on any atom is -0.487 e. The topological polar surface area (TPSA) is 66.0 Å². The number of benzene rings is 1. The van der Waals surface area contributed by atoms with Crippen molar-refractivity contribution in [3.8, 4) is 5.75 Å². The first kappa shape index (κ1) is 12.2. The van der Waals surface area contributed by atoms with Crippen LogP contribution in [0.4, 0.5) is 0 Å². The Balaban J connectivity index is 1.73. The standard InChI is InChI=1S/C14H18N4O/c1-18-8-11(16-17-18)9-19-12-6-5-10-3-2-4-14(15)13(10)7-12/h5-8,14H,2-4,9,15H2,1H3/t14-/m0/s1. The molecule has 5 heteroatoms. The number of aromatic nitrogens is 3. The zero-order valence-corrected chi connectivity index (χ0v) is 11.0. The third kappa shape index (κ3) is 2.61. The first-order valence-electron chi connectivity index (χ1n) is 6.59. The molecule has 3 rings (SSSR count). The normalized spacial score (nSPS) is 18.1. The van der Waals surface area contributed by atoms with Gasteiger partial charge in [-0.1, -0.05) is 11.3 Å². The van der Waals surface area contributed by atoms with Gasteiger partial charge in [-0.3, -0.25) is 4.68 Å². The smallest absolute Gasteiger partial charge is 0.134 e. The minimum absolute atomic E-state index is 0.142. The summed E-state index contributed by atoms with van der Waals surface area (Å²) in [4.78, 5) is 0. The number of hydrogen-bond donors (Lipinski definition) is 1. The summed E-state index contributed by atoms with van der Waals surface area (Å²) < 4.78 is 7.42. The minimum atomic E-state index is 0.142. The number of aryl methyl sites for hydroxylation is 2. The van der Waals surface area contributed by atoms with Crippen molar-refractivity contribution in [3.05, 3.63) is 41.2 Å². The summed E-state index contributed by atoms with van der Waals surface area (Å²) in [6.45, 7) is 0.432. The third-order valence-corrected chi connectivity index (χ3v) is 3.51. The van der Waals surface area contributed by atoms with Crippen molar-refractivity contribution in [2.45, 2.75) is 31.9 Å². The average Bonchev–Trinajstić information content (AvgIpc) is 2.83. The zero-order chi connectivity index (χ0) is 13.2. The highest BCUT2D eigenvalue weighted by Crippen LogP contribution is 2.30. The van der Waals surface area contributed by atoms with E-state index in [0.717, 1.165) is 24.3 Å². The summed E-state index contributed by atoms with van der Waals surface area (Å²) in [5, 5.41) is 7.87. The van der Waals surface area contributed by atoms with Gasteiger partial charge in [0.1, 0.15) is 18.1 Å². The van der Waals surface area contributed by atoms with Gasteiger partial charge in [-0.15, -0.1) is 5.10 Å². The Labute approximate surface area is 112 Å². The van der Waals surface area contributed by atoms with Crippen molar-refractivity contribution >= 4 is 0 Å². The van der Waals surface area contributed by atoms with Crippen molar-refractivity contribution in [2.75, 3.05) is 0 Å². The largest absolute Gasteiger partial charge is 0.487 e. The van der Waals surface area contributed by atoms with Crippen molar-refractivity contribution in [1.29, 1.82) is 0 Å². The highest BCUT2D eigenvalue weighted by Gasteiger charge is 2.17. The summed E-state index contributed by atoms with van der Waals surface area (Å²) in [5.41, 5.74) is 9.55. The molecule has 0 aliphatic heterocycles. The molecule has 0 saturated heterocycles. The molecule has 0 unspecified atom stereocenters. The summed E-state index contributed by atoms with van der Waals surface area (Å²) in [6.07, 6.45) is 5.20. The van der Waals surface area contributed by atoms with Gasteiger partial charge < -0.3 is 10.5 Å². The molecule has 1 heterocycles. The van der Waals surface area contributed by atoms with E-state index in [0.29, 0.717) is 6.61 Å². The van der Waals surface area contributed by atoms with Gasteiger partial charge in [-0.2, -0.15) is 0 Å². The summed E-state index contributed by atoms with van der Waals surface area (Å²) in [6, 6.07) is 6.34. The SMILES string of the molecule is Cn1cc(COc2ccc3c(c2)[C@@H](N)CCC3)nn1. The first-order chi connectivity index (χ1) is 9.22. The second-order valence-corrected chi connectivity index (χ2v) is 5.03. The predicted molar refractivity (Wildman–Crippen MR) is 71.6 cm³/mol. The highest BCUT2D eigenvalue weighted by atomic mass is 16.5. The Morgan fingerprint density at radius 1 is 1.47 bits per heavy atom. The summed E-state index contributed by atoms with van der Waals surface area (Å²) >= 11 is 0. The molecule has 0 bridgehead atoms. The molecule has 0 saturated carbocycles. The third-order valence-electron chi connectivity index (χ3n) is 3.51. The van der Waals surface area contributed by atoms with Crippen LogP contribution in [0, 0.1) is 0 Å². The predicted octanol–water partition coefficient (Wildman–Crippen LogP) is 1.73. The number of nitrogens with two attached hydrogens (primary N) is 1. The molecule has 1 aromatic carbocycles. The van der Waals surface area contributed by atoms with Crippen LogP contribution < -0.4 is 10.5 Å². The van der Waals surface area contributed by atoms with Gasteiger partial charge in [-0.05, 0) is 42.5 Å². The van der Waals surface area contributed by atoms with E-state index in [2.05, 4.69) is 22.4 Å². The van der Waals surface area contributed by atoms with Crippen LogP contribution in [0.5, 0.6) is 5.75 Å². The van der Waals surface area contributed by atoms with Crippen LogP contribution in [0.25, 0.3) is 0 Å². The molecule has 19 heavy (non-hydrogen) atoms. The van der Waals surface area contributed by atoms with E-state index in [1.807, 2.05) is 19.3 Å². The summed E-state index contributed by atoms with van der Waals surface area (Å²) in [7, 11) is 1.84. The first-order valence-corrected chi connectivity index (χ1v) is 6.59. The van der Waals surface area contributed by atoms with Gasteiger partial charge >= 0.3 is 0 Å². The van der Waals surface area contributed by atoms with E-state index < -0.39 is 0 Å². The lowest BCUT2D eigenvalue weighted by atomic mass is 9.88. The molecule has 1 aliphatic carbocycles. The van der Waals surface area contributed by atoms with Crippen molar-refractivity contribution < 1.29 is 4.74 Å². The molecular weight excluding hydrogens is 240 g/mol. The molecule has 2 N–H and O–H groups in total. The highest BCUT2D eigenvalue weighted by molar-refractivity contribution is 5.39. The molecule has 2 aromatic rings. The Morgan fingerprint density at radius 3 is 3.16 bits per heavy atom. The average molecular weight is 258 g/mol. The molecule has 100 valence electrons. The molecular formula is C14H18N4O. The van der Waals surface area contributed by atoms with E-state index >= 15 is 0 Å². The quantitative estimate of drug-likeness (QED) is 0.910. The van der Waals surface area contributed by atoms with Gasteiger partial charge in [-0.25, -0.2) is 0 Å². The lowest BCUT2D eigenvalue weighted by Crippen LogP contribution is -2.17. The summed E-state index contributed by atoms with van der Waals surface area (Å²) in [5.74, 6) is 0.849. The molecule has 5 nitrogen and oxygen atoms in total. The lowest BCUT2D eigenvalue weighted by molar-refractivity contribution is 0.300. The van der Waals surface area contributed by atoms with E-state index in [-0.39, 0.29) is 6.04 Å². The maximum atomic E-state index is 6.14. The van der Waals surface area contributed by atoms with E-state index in [1.54, 1.807) is 4.68 Å². The number of fused-ring (bicyclic) bond motifs is 1. The Kier molecular flexibility index (Phi) is 3.21. The van der Waals surface area contributed by atoms with Crippen molar-refractivity contribution in [1.82, 2.24) is 15.0 Å². The molecule has 0 spiro atoms. The number of nitrogens with zero attached hydrogens (tertiary/aromatic N) is 3. The Morgan fingerprint density at radius 2 is 2.37 bits per heavy atom. The Bertz CT molecular complexity index is 579. The van der Waals surface area contributed by atoms with Gasteiger partial charge in [0.2, 0.25) is 0 Å². The maximum absolute atomic E-state index is 6.14. The van der Waals surface area contributed by atoms with Crippen molar-refractivity contribution in [3.63, 3.8) is 0 Å². The van der Waals surface area contributed by atoms with Crippen LogP contribution in [0.2, 0.25) is 0 Å². The maximum Gasteiger partial charge on any atom is 0.134 e. The van der Waals surface area contributed by atoms with Crippen LogP contribution in [-0.2, 0) is 20.1 Å². The van der Waals surface area contributed by atoms with Crippen LogP contribution in [0.15, 0.2) is 24.4 Å². The monoisotopic (exact) mass is 258 g/mol. The van der Waals surface area contributed by atoms with E-state index in [9.17, 15) is 0 Å². The Hall–Kier alpha value is -1.88. The van der Waals surface area contributed by atoms with E-state index in [4.69, 9.17) is 10.5 Å². The molecule has 0 amide bonds. The second-order valence-electron chi connectivity index (χ2n) is 5.03. The number of rotatable bonds is 3. The fourth-order valence-electron chi connectivity index (χ4n) is 2.52. The molecule has 1 aromatic heterocycles. The molecule has 1 atom stereocenters. The van der Waals surface area contributed by atoms with Crippen LogP contribution in [0.3, 0.4) is 0 Å². The van der Waals surface area contributed by atoms with Gasteiger partial charge in [0, 0.05) is 13.1 Å². The van der Waals surface area contributed by atoms with Crippen molar-refractivity contribution in [2.24, 2.45) is 12.8 Å². The van der Waals surface area contributed by atoms with Crippen LogP contribution in [0.1, 0.15) is 35.7 Å². The van der Waals surface area contributed by atoms with Gasteiger partial charge in [0.05, 0.1) is 6.20 Å². The van der Waals surface area contributed by atoms with E-state index in [1.165, 1.54) is 17.5 Å². The fourth-order valence-corrected chi connectivity index (χ4v) is 2.52. The fraction of sp³-hybridized carbons (Fsp3) is 0.429. The van der Waals surface area contributed by atoms with Gasteiger partial charge in [0.25, 0.3) is 0 Å². The zero-order valence-electron chi connectivity index (χ0n) is 11.0. The van der Waals surface area contributed by atoms with Crippen LogP contribution in [-0.4, -0.2) is 15.0 Å². The number of ether oxygens (including phenoxy) is 1. The van der Waals surface area contributed by atoms with Crippen LogP contribution >= 0.6 is 0 Å². The lowest BCUT2D eigenvalue weighted by Gasteiger charge is -2.22. The van der Waals surface area contributed by atoms with Gasteiger partial charge in [0.15, 0.2) is 0 Å². The molecule has 0 fully saturated rings. The number of hydrogen-bond acceptors (Lipinski definition) is 4.